The molecule has 0 radical (unpaired) electrons. The highest BCUT2D eigenvalue weighted by molar-refractivity contribution is 7.90. The van der Waals surface area contributed by atoms with Crippen LogP contribution in [0.25, 0.3) is 16.9 Å². The number of aromatic nitrogens is 2. The van der Waals surface area contributed by atoms with Gasteiger partial charge in [-0.2, -0.15) is 18.3 Å². The Morgan fingerprint density at radius 1 is 1.00 bits per heavy atom. The summed E-state index contributed by atoms with van der Waals surface area (Å²) in [5, 5.41) is 20.9. The van der Waals surface area contributed by atoms with Crippen LogP contribution in [0.15, 0.2) is 89.0 Å². The molecule has 0 saturated carbocycles. The van der Waals surface area contributed by atoms with E-state index in [1.807, 2.05) is 6.92 Å². The molecule has 0 spiro atoms. The van der Waals surface area contributed by atoms with Gasteiger partial charge in [0, 0.05) is 5.56 Å². The lowest BCUT2D eigenvalue weighted by molar-refractivity contribution is -0.718. The number of rotatable bonds is 12. The fraction of sp³-hybridized carbons (Fsp3) is 0.273. The number of benzene rings is 3. The van der Waals surface area contributed by atoms with Crippen molar-refractivity contribution in [2.45, 2.75) is 51.0 Å². The molecule has 4 aromatic rings. The van der Waals surface area contributed by atoms with Crippen molar-refractivity contribution in [1.29, 1.82) is 0 Å². The van der Waals surface area contributed by atoms with E-state index in [9.17, 15) is 41.2 Å². The summed E-state index contributed by atoms with van der Waals surface area (Å²) in [6.07, 6.45) is -7.35. The van der Waals surface area contributed by atoms with Crippen LogP contribution in [-0.2, 0) is 25.8 Å². The second-order valence-electron chi connectivity index (χ2n) is 11.7. The standard InChI is InChI=1S/C33H32F3N7O8S/c1-20(2)40(43(47)39-51-22(4)41-30(44)26-7-5-6-8-27(26)31(41)45)17-18-50-32(46)38-52(48,49)25-15-13-24(14-16-25)42-28(19-29(37-42)33(34,35)36)23-11-9-21(3)10-12-23/h5-16,19-20,22H,17-18H2,1-4H3,(H,38,46)/b43-39+. The van der Waals surface area contributed by atoms with Crippen molar-refractivity contribution in [3.8, 4) is 16.9 Å². The number of nitrogens with zero attached hydrogens (tertiary/aromatic N) is 6. The van der Waals surface area contributed by atoms with Crippen LogP contribution in [0, 0.1) is 12.1 Å². The average Bonchev–Trinajstić information content (AvgIpc) is 3.65. The predicted molar refractivity (Wildman–Crippen MR) is 176 cm³/mol. The molecule has 0 saturated heterocycles. The quantitative estimate of drug-likeness (QED) is 0.0850. The number of amides is 3. The number of hydrogen-bond donors (Lipinski definition) is 1. The first-order valence-corrected chi connectivity index (χ1v) is 17.1. The maximum absolute atomic E-state index is 13.5. The number of fused-ring (bicyclic) bond motifs is 1. The molecule has 52 heavy (non-hydrogen) atoms. The Balaban J connectivity index is 1.19. The van der Waals surface area contributed by atoms with Crippen molar-refractivity contribution in [3.05, 3.63) is 106 Å². The highest BCUT2D eigenvalue weighted by Crippen LogP contribution is 2.33. The summed E-state index contributed by atoms with van der Waals surface area (Å²) in [6, 6.07) is 17.9. The molecule has 1 atom stereocenters. The Kier molecular flexibility index (Phi) is 10.5. The monoisotopic (exact) mass is 743 g/mol. The third-order valence-electron chi connectivity index (χ3n) is 7.78. The zero-order chi connectivity index (χ0) is 38.0. The van der Waals surface area contributed by atoms with Gasteiger partial charge in [0.05, 0.1) is 38.4 Å². The third-order valence-corrected chi connectivity index (χ3v) is 9.11. The van der Waals surface area contributed by atoms with Gasteiger partial charge in [0.25, 0.3) is 21.8 Å². The number of ether oxygens (including phenoxy) is 1. The van der Waals surface area contributed by atoms with Crippen LogP contribution in [-0.4, -0.2) is 76.4 Å². The number of nitrogens with one attached hydrogen (secondary N) is 1. The summed E-state index contributed by atoms with van der Waals surface area (Å²) in [5.74, 6) is -1.23. The van der Waals surface area contributed by atoms with Gasteiger partial charge >= 0.3 is 12.3 Å². The van der Waals surface area contributed by atoms with Crippen molar-refractivity contribution < 1.29 is 50.5 Å². The predicted octanol–water partition coefficient (Wildman–Crippen LogP) is 5.44. The molecule has 0 aliphatic carbocycles. The molecule has 1 unspecified atom stereocenters. The van der Waals surface area contributed by atoms with Crippen LogP contribution < -0.4 is 4.72 Å². The molecular formula is C33H32F3N7O8S. The number of imide groups is 1. The lowest BCUT2D eigenvalue weighted by atomic mass is 10.1. The van der Waals surface area contributed by atoms with Crippen LogP contribution in [0.3, 0.4) is 0 Å². The summed E-state index contributed by atoms with van der Waals surface area (Å²) in [7, 11) is -4.50. The minimum Gasteiger partial charge on any atom is -0.569 e. The highest BCUT2D eigenvalue weighted by atomic mass is 32.2. The van der Waals surface area contributed by atoms with Crippen molar-refractivity contribution in [2.24, 2.45) is 5.28 Å². The van der Waals surface area contributed by atoms with Crippen molar-refractivity contribution in [2.75, 3.05) is 13.2 Å². The van der Waals surface area contributed by atoms with Crippen LogP contribution in [0.4, 0.5) is 18.0 Å². The van der Waals surface area contributed by atoms with E-state index in [4.69, 9.17) is 9.57 Å². The van der Waals surface area contributed by atoms with Crippen molar-refractivity contribution >= 4 is 27.9 Å². The normalized spacial score (nSPS) is 14.0. The van der Waals surface area contributed by atoms with E-state index in [0.717, 1.165) is 38.4 Å². The third kappa shape index (κ3) is 7.98. The van der Waals surface area contributed by atoms with Gasteiger partial charge in [-0.3, -0.25) is 9.59 Å². The van der Waals surface area contributed by atoms with E-state index in [1.165, 1.54) is 31.2 Å². The number of carbonyl (C=O) groups is 3. The van der Waals surface area contributed by atoms with E-state index in [-0.39, 0.29) is 34.0 Å². The molecule has 0 fully saturated rings. The first-order valence-electron chi connectivity index (χ1n) is 15.6. The molecule has 3 aromatic carbocycles. The lowest BCUT2D eigenvalue weighted by Crippen LogP contribution is -2.42. The second-order valence-corrected chi connectivity index (χ2v) is 13.4. The Hall–Kier alpha value is -5.98. The van der Waals surface area contributed by atoms with Crippen LogP contribution >= 0.6 is 0 Å². The maximum Gasteiger partial charge on any atom is 0.435 e. The van der Waals surface area contributed by atoms with Gasteiger partial charge in [0.1, 0.15) is 13.2 Å². The number of alkyl halides is 3. The van der Waals surface area contributed by atoms with Crippen molar-refractivity contribution in [3.63, 3.8) is 0 Å². The maximum atomic E-state index is 13.5. The van der Waals surface area contributed by atoms with E-state index >= 15 is 0 Å². The fourth-order valence-electron chi connectivity index (χ4n) is 5.12. The molecule has 1 aliphatic heterocycles. The van der Waals surface area contributed by atoms with Gasteiger partial charge < -0.3 is 14.8 Å². The van der Waals surface area contributed by atoms with E-state index < -0.39 is 63.6 Å². The van der Waals surface area contributed by atoms with Crippen molar-refractivity contribution in [1.82, 2.24) is 24.4 Å². The summed E-state index contributed by atoms with van der Waals surface area (Å²) in [5.41, 5.74) is 0.810. The fourth-order valence-corrected chi connectivity index (χ4v) is 6.02. The zero-order valence-electron chi connectivity index (χ0n) is 28.1. The molecule has 2 heterocycles. The summed E-state index contributed by atoms with van der Waals surface area (Å²) in [6.45, 7) is 5.64. The molecule has 1 aliphatic rings. The number of sulfonamides is 1. The lowest BCUT2D eigenvalue weighted by Gasteiger charge is -2.23. The second kappa shape index (κ2) is 14.7. The van der Waals surface area contributed by atoms with E-state index in [1.54, 1.807) is 55.0 Å². The topological polar surface area (TPSA) is 179 Å². The van der Waals surface area contributed by atoms with Gasteiger partial charge in [0.2, 0.25) is 11.5 Å². The summed E-state index contributed by atoms with van der Waals surface area (Å²) in [4.78, 5) is 43.3. The Bertz CT molecular complexity index is 2080. The molecule has 1 aromatic heterocycles. The van der Waals surface area contributed by atoms with E-state index in [0.29, 0.717) is 5.56 Å². The number of hydrogen-bond acceptors (Lipinski definition) is 10. The van der Waals surface area contributed by atoms with Crippen LogP contribution in [0.1, 0.15) is 52.7 Å². The Morgan fingerprint density at radius 3 is 2.15 bits per heavy atom. The first-order chi connectivity index (χ1) is 24.5. The van der Waals surface area contributed by atoms with Gasteiger partial charge in [-0.15, -0.1) is 5.01 Å². The van der Waals surface area contributed by atoms with Gasteiger partial charge in [-0.1, -0.05) is 42.0 Å². The largest absolute Gasteiger partial charge is 0.569 e. The van der Waals surface area contributed by atoms with Crippen LogP contribution in [0.2, 0.25) is 0 Å². The minimum absolute atomic E-state index is 0.0421. The molecule has 15 nitrogen and oxygen atoms in total. The molecule has 0 bridgehead atoms. The van der Waals surface area contributed by atoms with Gasteiger partial charge in [-0.05, 0) is 70.2 Å². The highest BCUT2D eigenvalue weighted by Gasteiger charge is 2.40. The Labute approximate surface area is 295 Å². The SMILES string of the molecule is Cc1ccc(-c2cc(C(F)(F)F)nn2-c2ccc(S(=O)(=O)NC(=O)OCCN(C(C)C)/[N+]([O-])=N\OC(C)N3C(=O)c4ccccc4C3=O)cc2)cc1. The van der Waals surface area contributed by atoms with Gasteiger partial charge in [-0.25, -0.2) is 27.5 Å². The average molecular weight is 744 g/mol. The molecule has 5 rings (SSSR count). The van der Waals surface area contributed by atoms with Gasteiger partial charge in [0.15, 0.2) is 5.69 Å². The minimum atomic E-state index is -4.73. The number of halogens is 3. The molecule has 274 valence electrons. The number of aryl methyl sites for hydroxylation is 1. The summed E-state index contributed by atoms with van der Waals surface area (Å²) < 4.78 is 74.2. The van der Waals surface area contributed by atoms with E-state index in [2.05, 4.69) is 10.4 Å². The zero-order valence-corrected chi connectivity index (χ0v) is 28.9. The van der Waals surface area contributed by atoms with Crippen LogP contribution in [0.5, 0.6) is 0 Å². The molecular weight excluding hydrogens is 711 g/mol. The molecule has 1 N–H and O–H groups in total. The summed E-state index contributed by atoms with van der Waals surface area (Å²) >= 11 is 0. The number of hydrazine groups is 1. The molecule has 3 amide bonds. The number of carbonyl (C=O) groups excluding carboxylic acids is 3. The Morgan fingerprint density at radius 2 is 1.60 bits per heavy atom. The smallest absolute Gasteiger partial charge is 0.435 e. The molecule has 19 heteroatoms. The first kappa shape index (κ1) is 37.3.